The predicted molar refractivity (Wildman–Crippen MR) is 111 cm³/mol. The van der Waals surface area contributed by atoms with E-state index in [1.807, 2.05) is 37.3 Å². The molecule has 0 aliphatic carbocycles. The van der Waals surface area contributed by atoms with E-state index in [9.17, 15) is 16.8 Å². The smallest absolute Gasteiger partial charge is 0.240 e. The standard InChI is InChI=1S/C20H27NO5S2/c1-3-27(22,23)16-15-26-19-11-13-20(14-12-19)28(24,25)21-17(2)9-10-18-7-5-4-6-8-18/h4-8,11-14,17,21H,3,9-10,15-16H2,1-2H3. The molecule has 0 saturated heterocycles. The lowest BCUT2D eigenvalue weighted by Crippen LogP contribution is -2.32. The van der Waals surface area contributed by atoms with Crippen molar-refractivity contribution in [3.05, 3.63) is 60.2 Å². The van der Waals surface area contributed by atoms with Crippen LogP contribution in [0.15, 0.2) is 59.5 Å². The average molecular weight is 426 g/mol. The fraction of sp³-hybridized carbons (Fsp3) is 0.400. The maximum atomic E-state index is 12.5. The molecule has 1 N–H and O–H groups in total. The quantitative estimate of drug-likeness (QED) is 0.598. The number of sulfone groups is 1. The number of hydrogen-bond donors (Lipinski definition) is 1. The first-order valence-electron chi connectivity index (χ1n) is 9.21. The van der Waals surface area contributed by atoms with Crippen molar-refractivity contribution in [1.82, 2.24) is 4.72 Å². The molecule has 0 aliphatic heterocycles. The van der Waals surface area contributed by atoms with Gasteiger partial charge in [-0.2, -0.15) is 0 Å². The van der Waals surface area contributed by atoms with Gasteiger partial charge in [0, 0.05) is 11.8 Å². The maximum Gasteiger partial charge on any atom is 0.240 e. The van der Waals surface area contributed by atoms with E-state index in [2.05, 4.69) is 4.72 Å². The first-order chi connectivity index (χ1) is 13.2. The monoisotopic (exact) mass is 425 g/mol. The highest BCUT2D eigenvalue weighted by atomic mass is 32.2. The van der Waals surface area contributed by atoms with Crippen molar-refractivity contribution in [1.29, 1.82) is 0 Å². The molecule has 1 unspecified atom stereocenters. The van der Waals surface area contributed by atoms with Gasteiger partial charge in [-0.3, -0.25) is 0 Å². The molecule has 0 amide bonds. The van der Waals surface area contributed by atoms with Crippen molar-refractivity contribution in [2.75, 3.05) is 18.1 Å². The van der Waals surface area contributed by atoms with Crippen LogP contribution < -0.4 is 9.46 Å². The van der Waals surface area contributed by atoms with Crippen LogP contribution in [0.2, 0.25) is 0 Å². The lowest BCUT2D eigenvalue weighted by atomic mass is 10.1. The van der Waals surface area contributed by atoms with Crippen molar-refractivity contribution in [2.24, 2.45) is 0 Å². The van der Waals surface area contributed by atoms with Crippen molar-refractivity contribution in [3.8, 4) is 5.75 Å². The van der Waals surface area contributed by atoms with Gasteiger partial charge in [0.05, 0.1) is 10.6 Å². The number of benzene rings is 2. The molecular formula is C20H27NO5S2. The van der Waals surface area contributed by atoms with Gasteiger partial charge in [0.15, 0.2) is 9.84 Å². The van der Waals surface area contributed by atoms with Gasteiger partial charge in [0.25, 0.3) is 0 Å². The first-order valence-corrected chi connectivity index (χ1v) is 12.5. The fourth-order valence-electron chi connectivity index (χ4n) is 2.57. The van der Waals surface area contributed by atoms with E-state index < -0.39 is 19.9 Å². The third-order valence-electron chi connectivity index (χ3n) is 4.30. The van der Waals surface area contributed by atoms with E-state index in [1.54, 1.807) is 6.92 Å². The van der Waals surface area contributed by atoms with Gasteiger partial charge in [-0.05, 0) is 49.6 Å². The van der Waals surface area contributed by atoms with Gasteiger partial charge >= 0.3 is 0 Å². The summed E-state index contributed by atoms with van der Waals surface area (Å²) in [5.41, 5.74) is 1.17. The summed E-state index contributed by atoms with van der Waals surface area (Å²) in [5.74, 6) is 0.438. The second-order valence-corrected chi connectivity index (χ2v) is 10.8. The molecule has 2 aromatic carbocycles. The molecule has 1 atom stereocenters. The average Bonchev–Trinajstić information content (AvgIpc) is 2.67. The minimum absolute atomic E-state index is 0.0387. The molecule has 8 heteroatoms. The van der Waals surface area contributed by atoms with Crippen LogP contribution in [0.1, 0.15) is 25.8 Å². The Morgan fingerprint density at radius 2 is 1.61 bits per heavy atom. The molecule has 154 valence electrons. The van der Waals surface area contributed by atoms with E-state index >= 15 is 0 Å². The highest BCUT2D eigenvalue weighted by Gasteiger charge is 2.17. The topological polar surface area (TPSA) is 89.5 Å². The van der Waals surface area contributed by atoms with E-state index in [4.69, 9.17) is 4.74 Å². The Bertz CT molecular complexity index is 940. The van der Waals surface area contributed by atoms with E-state index in [0.717, 1.165) is 6.42 Å². The molecule has 0 saturated carbocycles. The molecule has 0 aliphatic rings. The summed E-state index contributed by atoms with van der Waals surface area (Å²) < 4.78 is 56.0. The van der Waals surface area contributed by atoms with Crippen LogP contribution in [-0.2, 0) is 26.3 Å². The van der Waals surface area contributed by atoms with Crippen molar-refractivity contribution >= 4 is 19.9 Å². The van der Waals surface area contributed by atoms with E-state index in [-0.39, 0.29) is 29.0 Å². The second-order valence-electron chi connectivity index (χ2n) is 6.60. The largest absolute Gasteiger partial charge is 0.493 e. The Morgan fingerprint density at radius 3 is 2.21 bits per heavy atom. The van der Waals surface area contributed by atoms with Crippen LogP contribution in [0.4, 0.5) is 0 Å². The summed E-state index contributed by atoms with van der Waals surface area (Å²) in [5, 5.41) is 0. The molecule has 2 aromatic rings. The molecular weight excluding hydrogens is 398 g/mol. The third kappa shape index (κ3) is 7.26. The Balaban J connectivity index is 1.88. The second kappa shape index (κ2) is 10.0. The highest BCUT2D eigenvalue weighted by molar-refractivity contribution is 7.91. The van der Waals surface area contributed by atoms with Crippen molar-refractivity contribution in [3.63, 3.8) is 0 Å². The van der Waals surface area contributed by atoms with E-state index in [0.29, 0.717) is 12.2 Å². The minimum atomic E-state index is -3.63. The Kier molecular flexibility index (Phi) is 8.03. The summed E-state index contributed by atoms with van der Waals surface area (Å²) in [7, 11) is -6.72. The summed E-state index contributed by atoms with van der Waals surface area (Å²) >= 11 is 0. The van der Waals surface area contributed by atoms with Crippen LogP contribution in [-0.4, -0.2) is 41.0 Å². The first kappa shape index (κ1) is 22.4. The van der Waals surface area contributed by atoms with Crippen LogP contribution >= 0.6 is 0 Å². The number of sulfonamides is 1. The van der Waals surface area contributed by atoms with E-state index in [1.165, 1.54) is 29.8 Å². The molecule has 2 rings (SSSR count). The van der Waals surface area contributed by atoms with Gasteiger partial charge in [0.1, 0.15) is 12.4 Å². The summed E-state index contributed by atoms with van der Waals surface area (Å²) in [6.07, 6.45) is 1.48. The number of aryl methyl sites for hydroxylation is 1. The highest BCUT2D eigenvalue weighted by Crippen LogP contribution is 2.17. The summed E-state index contributed by atoms with van der Waals surface area (Å²) in [4.78, 5) is 0.146. The zero-order valence-electron chi connectivity index (χ0n) is 16.2. The summed E-state index contributed by atoms with van der Waals surface area (Å²) in [6.45, 7) is 3.46. The van der Waals surface area contributed by atoms with Crippen LogP contribution in [0.25, 0.3) is 0 Å². The molecule has 6 nitrogen and oxygen atoms in total. The van der Waals surface area contributed by atoms with Crippen molar-refractivity contribution < 1.29 is 21.6 Å². The Labute approximate surface area is 167 Å². The SMILES string of the molecule is CCS(=O)(=O)CCOc1ccc(S(=O)(=O)NC(C)CCc2ccccc2)cc1. The molecule has 0 spiro atoms. The Hall–Kier alpha value is -1.90. The van der Waals surface area contributed by atoms with Crippen LogP contribution in [0.3, 0.4) is 0 Å². The lowest BCUT2D eigenvalue weighted by Gasteiger charge is -2.14. The van der Waals surface area contributed by atoms with Crippen LogP contribution in [0, 0.1) is 0 Å². The molecule has 0 heterocycles. The number of rotatable bonds is 11. The van der Waals surface area contributed by atoms with Gasteiger partial charge in [-0.1, -0.05) is 37.3 Å². The Morgan fingerprint density at radius 1 is 0.964 bits per heavy atom. The number of hydrogen-bond acceptors (Lipinski definition) is 5. The lowest BCUT2D eigenvalue weighted by molar-refractivity contribution is 0.340. The molecule has 0 radical (unpaired) electrons. The molecule has 0 aromatic heterocycles. The molecule has 28 heavy (non-hydrogen) atoms. The van der Waals surface area contributed by atoms with Gasteiger partial charge in [-0.25, -0.2) is 21.6 Å². The normalized spacial score (nSPS) is 13.2. The third-order valence-corrected chi connectivity index (χ3v) is 7.58. The minimum Gasteiger partial charge on any atom is -0.493 e. The van der Waals surface area contributed by atoms with Gasteiger partial charge in [-0.15, -0.1) is 0 Å². The van der Waals surface area contributed by atoms with Crippen molar-refractivity contribution in [2.45, 2.75) is 37.6 Å². The maximum absolute atomic E-state index is 12.5. The van der Waals surface area contributed by atoms with Gasteiger partial charge < -0.3 is 4.74 Å². The zero-order valence-corrected chi connectivity index (χ0v) is 17.8. The predicted octanol–water partition coefficient (Wildman–Crippen LogP) is 2.80. The zero-order chi connectivity index (χ0) is 20.6. The van der Waals surface area contributed by atoms with Crippen LogP contribution in [0.5, 0.6) is 5.75 Å². The number of ether oxygens (including phenoxy) is 1. The molecule has 0 bridgehead atoms. The summed E-state index contributed by atoms with van der Waals surface area (Å²) in [6, 6.07) is 15.7. The number of nitrogens with one attached hydrogen (secondary N) is 1. The fourth-order valence-corrected chi connectivity index (χ4v) is 4.47. The molecule has 0 fully saturated rings. The van der Waals surface area contributed by atoms with Gasteiger partial charge in [0.2, 0.25) is 10.0 Å².